The molecule has 33 heavy (non-hydrogen) atoms. The molecule has 0 aromatic rings. The van der Waals surface area contributed by atoms with Crippen molar-refractivity contribution in [2.24, 2.45) is 29.1 Å². The third kappa shape index (κ3) is 3.22. The van der Waals surface area contributed by atoms with Crippen molar-refractivity contribution >= 4 is 11.9 Å². The molecule has 0 amide bonds. The van der Waals surface area contributed by atoms with Gasteiger partial charge in [0, 0.05) is 22.6 Å². The van der Waals surface area contributed by atoms with Crippen LogP contribution in [0.4, 0.5) is 0 Å². The van der Waals surface area contributed by atoms with Crippen molar-refractivity contribution in [1.29, 1.82) is 0 Å². The lowest BCUT2D eigenvalue weighted by Gasteiger charge is -2.54. The van der Waals surface area contributed by atoms with Gasteiger partial charge in [-0.15, -0.1) is 0 Å². The maximum atomic E-state index is 13.3. The second-order valence-corrected chi connectivity index (χ2v) is 10.8. The number of ether oxygens (including phenoxy) is 2. The number of cyclic esters (lactones) is 2. The highest BCUT2D eigenvalue weighted by Gasteiger charge is 2.66. The Hall–Kier alpha value is -2.14. The molecule has 0 unspecified atom stereocenters. The maximum Gasteiger partial charge on any atom is 0.340 e. The number of carbonyl (C=O) groups excluding carboxylic acids is 2. The average molecular weight is 450 g/mol. The third-order valence-electron chi connectivity index (χ3n) is 9.17. The molecule has 0 aromatic carbocycles. The number of fused-ring (bicyclic) bond motifs is 1. The zero-order valence-corrected chi connectivity index (χ0v) is 19.7. The predicted molar refractivity (Wildman–Crippen MR) is 125 cm³/mol. The highest BCUT2D eigenvalue weighted by molar-refractivity contribution is 5.99. The van der Waals surface area contributed by atoms with Gasteiger partial charge in [-0.3, -0.25) is 0 Å². The molecule has 1 spiro atoms. The molecule has 5 heteroatoms. The van der Waals surface area contributed by atoms with Crippen molar-refractivity contribution in [3.63, 3.8) is 0 Å². The Morgan fingerprint density at radius 3 is 2.73 bits per heavy atom. The molecule has 176 valence electrons. The predicted octanol–water partition coefficient (Wildman–Crippen LogP) is 5.11. The molecule has 1 N–H and O–H groups in total. The van der Waals surface area contributed by atoms with Gasteiger partial charge in [-0.1, -0.05) is 19.4 Å². The molecule has 4 atom stereocenters. The second kappa shape index (κ2) is 8.26. The van der Waals surface area contributed by atoms with Crippen molar-refractivity contribution in [1.82, 2.24) is 5.32 Å². The van der Waals surface area contributed by atoms with E-state index >= 15 is 0 Å². The summed E-state index contributed by atoms with van der Waals surface area (Å²) < 4.78 is 11.8. The van der Waals surface area contributed by atoms with Gasteiger partial charge in [0.05, 0.1) is 5.41 Å². The highest BCUT2D eigenvalue weighted by atomic mass is 16.5. The number of rotatable bonds is 5. The first-order valence-corrected chi connectivity index (χ1v) is 13.1. The van der Waals surface area contributed by atoms with Crippen LogP contribution in [0.2, 0.25) is 0 Å². The van der Waals surface area contributed by atoms with Crippen LogP contribution in [-0.4, -0.2) is 25.0 Å². The van der Waals surface area contributed by atoms with Crippen LogP contribution in [0.25, 0.3) is 0 Å². The molecule has 7 aliphatic rings. The number of carbonyl (C=O) groups is 2. The lowest BCUT2D eigenvalue weighted by Crippen LogP contribution is -2.50. The fourth-order valence-electron chi connectivity index (χ4n) is 7.64. The Labute approximate surface area is 196 Å². The fourth-order valence-corrected chi connectivity index (χ4v) is 7.64. The molecule has 0 aromatic heterocycles. The first kappa shape index (κ1) is 21.4. The Balaban J connectivity index is 1.35. The van der Waals surface area contributed by atoms with E-state index in [1.54, 1.807) is 0 Å². The molecular formula is C28H35NO4. The van der Waals surface area contributed by atoms with E-state index in [0.717, 1.165) is 98.6 Å². The van der Waals surface area contributed by atoms with Crippen LogP contribution in [-0.2, 0) is 19.1 Å². The van der Waals surface area contributed by atoms with Crippen LogP contribution in [0.3, 0.4) is 0 Å². The molecule has 0 radical (unpaired) electrons. The number of esters is 2. The van der Waals surface area contributed by atoms with Crippen molar-refractivity contribution < 1.29 is 19.1 Å². The lowest BCUT2D eigenvalue weighted by molar-refractivity contribution is -0.135. The van der Waals surface area contributed by atoms with Crippen molar-refractivity contribution in [2.45, 2.75) is 71.1 Å². The first-order chi connectivity index (χ1) is 16.1. The standard InChI is InChI=1S/C28H35NO4/c1-2-3-7-23-28-13-10-18(16-21(28)26(30)33-23)19-8-9-20-22(32-27(31)24(20)25(19)28)6-4-5-17-11-14-29-15-12-17/h6-7,16-19,25,29H,2-5,8-15H2,1H3/b22-6?,23-7-/t18-,19-,25+,28+/m0/s1. The van der Waals surface area contributed by atoms with E-state index in [-0.39, 0.29) is 17.9 Å². The van der Waals surface area contributed by atoms with Gasteiger partial charge in [0.25, 0.3) is 0 Å². The summed E-state index contributed by atoms with van der Waals surface area (Å²) in [6.07, 6.45) is 16.9. The number of piperidine rings is 1. The fraction of sp³-hybridized carbons (Fsp3) is 0.643. The van der Waals surface area contributed by atoms with Gasteiger partial charge in [-0.25, -0.2) is 9.59 Å². The van der Waals surface area contributed by atoms with Gasteiger partial charge < -0.3 is 14.8 Å². The Kier molecular flexibility index (Phi) is 5.36. The van der Waals surface area contributed by atoms with Gasteiger partial charge in [0.2, 0.25) is 0 Å². The minimum Gasteiger partial charge on any atom is -0.427 e. The summed E-state index contributed by atoms with van der Waals surface area (Å²) in [5.74, 6) is 2.76. The van der Waals surface area contributed by atoms with Crippen LogP contribution in [0.15, 0.2) is 46.5 Å². The number of allylic oxidation sites excluding steroid dienone is 5. The van der Waals surface area contributed by atoms with Crippen LogP contribution in [0.5, 0.6) is 0 Å². The minimum atomic E-state index is -0.462. The van der Waals surface area contributed by atoms with Gasteiger partial charge in [0.1, 0.15) is 11.5 Å². The van der Waals surface area contributed by atoms with E-state index in [9.17, 15) is 9.59 Å². The highest BCUT2D eigenvalue weighted by Crippen LogP contribution is 2.68. The topological polar surface area (TPSA) is 64.6 Å². The summed E-state index contributed by atoms with van der Waals surface area (Å²) in [5.41, 5.74) is 2.32. The minimum absolute atomic E-state index is 0.0115. The monoisotopic (exact) mass is 449 g/mol. The maximum absolute atomic E-state index is 13.3. The van der Waals surface area contributed by atoms with Crippen molar-refractivity contribution in [3.05, 3.63) is 46.5 Å². The average Bonchev–Trinajstić information content (AvgIpc) is 3.32. The van der Waals surface area contributed by atoms with Gasteiger partial charge in [0.15, 0.2) is 0 Å². The summed E-state index contributed by atoms with van der Waals surface area (Å²) in [6, 6.07) is 0. The van der Waals surface area contributed by atoms with Crippen LogP contribution in [0, 0.1) is 29.1 Å². The summed E-state index contributed by atoms with van der Waals surface area (Å²) in [4.78, 5) is 26.2. The number of hydrogen-bond acceptors (Lipinski definition) is 5. The molecule has 3 aliphatic heterocycles. The molecule has 1 saturated carbocycles. The molecule has 4 aliphatic carbocycles. The first-order valence-electron chi connectivity index (χ1n) is 13.1. The van der Waals surface area contributed by atoms with E-state index in [1.165, 1.54) is 12.8 Å². The number of hydrogen-bond donors (Lipinski definition) is 1. The van der Waals surface area contributed by atoms with Crippen LogP contribution in [0.1, 0.15) is 71.1 Å². The van der Waals surface area contributed by atoms with Gasteiger partial charge in [-0.2, -0.15) is 0 Å². The number of unbranched alkanes of at least 4 members (excludes halogenated alkanes) is 1. The smallest absolute Gasteiger partial charge is 0.340 e. The summed E-state index contributed by atoms with van der Waals surface area (Å²) in [6.45, 7) is 4.37. The van der Waals surface area contributed by atoms with E-state index in [2.05, 4.69) is 30.5 Å². The van der Waals surface area contributed by atoms with E-state index in [4.69, 9.17) is 9.47 Å². The normalized spacial score (nSPS) is 37.7. The number of nitrogens with one attached hydrogen (secondary N) is 1. The molecule has 3 fully saturated rings. The van der Waals surface area contributed by atoms with Crippen LogP contribution >= 0.6 is 0 Å². The largest absolute Gasteiger partial charge is 0.427 e. The molecular weight excluding hydrogens is 414 g/mol. The van der Waals surface area contributed by atoms with E-state index < -0.39 is 5.41 Å². The third-order valence-corrected chi connectivity index (χ3v) is 9.17. The molecule has 2 saturated heterocycles. The van der Waals surface area contributed by atoms with Crippen LogP contribution < -0.4 is 5.32 Å². The summed E-state index contributed by atoms with van der Waals surface area (Å²) in [5, 5.41) is 3.43. The molecule has 5 nitrogen and oxygen atoms in total. The van der Waals surface area contributed by atoms with E-state index in [0.29, 0.717) is 11.8 Å². The van der Waals surface area contributed by atoms with Gasteiger partial charge in [-0.05, 0) is 101 Å². The summed E-state index contributed by atoms with van der Waals surface area (Å²) >= 11 is 0. The molecule has 2 bridgehead atoms. The van der Waals surface area contributed by atoms with Gasteiger partial charge >= 0.3 is 11.9 Å². The summed E-state index contributed by atoms with van der Waals surface area (Å²) in [7, 11) is 0. The Bertz CT molecular complexity index is 995. The quantitative estimate of drug-likeness (QED) is 0.591. The second-order valence-electron chi connectivity index (χ2n) is 10.8. The SMILES string of the molecule is CCC/C=C1\OC(=O)C2=C[C@@H]3CC[C@@]21[C@H]1C2=C(CC[C@@H]31)C(=CCCC1CCNCC1)OC2=O. The zero-order valence-electron chi connectivity index (χ0n) is 19.7. The van der Waals surface area contributed by atoms with Crippen molar-refractivity contribution in [2.75, 3.05) is 13.1 Å². The zero-order chi connectivity index (χ0) is 22.6. The Morgan fingerprint density at radius 1 is 1.06 bits per heavy atom. The molecule has 3 heterocycles. The van der Waals surface area contributed by atoms with Crippen molar-refractivity contribution in [3.8, 4) is 0 Å². The molecule has 7 rings (SSSR count). The lowest BCUT2D eigenvalue weighted by atomic mass is 9.47. The Morgan fingerprint density at radius 2 is 1.91 bits per heavy atom. The van der Waals surface area contributed by atoms with E-state index in [1.807, 2.05) is 0 Å².